The Morgan fingerprint density at radius 3 is 2.69 bits per heavy atom. The normalized spacial score (nSPS) is 21.6. The van der Waals surface area contributed by atoms with Crippen LogP contribution in [-0.4, -0.2) is 62.3 Å². The first-order chi connectivity index (χ1) is 12.4. The van der Waals surface area contributed by atoms with Gasteiger partial charge in [0.25, 0.3) is 5.91 Å². The number of aryl methyl sites for hydroxylation is 1. The summed E-state index contributed by atoms with van der Waals surface area (Å²) in [6, 6.07) is 1.84. The molecule has 2 fully saturated rings. The Balaban J connectivity index is 1.52. The molecule has 1 amide bonds. The summed E-state index contributed by atoms with van der Waals surface area (Å²) in [7, 11) is 3.86. The number of aromatic nitrogens is 4. The van der Waals surface area contributed by atoms with E-state index in [9.17, 15) is 4.79 Å². The summed E-state index contributed by atoms with van der Waals surface area (Å²) < 4.78 is 7.19. The fourth-order valence-corrected chi connectivity index (χ4v) is 3.35. The maximum Gasteiger partial charge on any atom is 0.272 e. The predicted octanol–water partition coefficient (Wildman–Crippen LogP) is 1.93. The maximum absolute atomic E-state index is 13.0. The minimum absolute atomic E-state index is 0.00642. The first kappa shape index (κ1) is 17.2. The molecule has 1 aliphatic heterocycles. The maximum atomic E-state index is 13.0. The van der Waals surface area contributed by atoms with E-state index in [0.717, 1.165) is 30.9 Å². The van der Waals surface area contributed by atoms with Crippen molar-refractivity contribution < 1.29 is 9.32 Å². The number of nitrogens with zero attached hydrogens (tertiary/aromatic N) is 6. The highest BCUT2D eigenvalue weighted by Crippen LogP contribution is 2.38. The zero-order valence-corrected chi connectivity index (χ0v) is 15.8. The first-order valence-corrected chi connectivity index (χ1v) is 9.31. The molecule has 8 nitrogen and oxygen atoms in total. The molecular weight excluding hydrogens is 332 g/mol. The zero-order chi connectivity index (χ0) is 18.4. The average molecular weight is 358 g/mol. The highest BCUT2D eigenvalue weighted by Gasteiger charge is 2.35. The Morgan fingerprint density at radius 1 is 1.27 bits per heavy atom. The van der Waals surface area contributed by atoms with E-state index in [1.807, 2.05) is 25.1 Å². The molecule has 1 saturated heterocycles. The molecule has 2 aliphatic rings. The van der Waals surface area contributed by atoms with Crippen molar-refractivity contribution in [3.63, 3.8) is 0 Å². The largest absolute Gasteiger partial charge is 0.338 e. The van der Waals surface area contributed by atoms with E-state index >= 15 is 0 Å². The number of hydrogen-bond donors (Lipinski definition) is 0. The molecule has 0 spiro atoms. The third kappa shape index (κ3) is 3.13. The van der Waals surface area contributed by atoms with E-state index in [1.165, 1.54) is 0 Å². The summed E-state index contributed by atoms with van der Waals surface area (Å²) in [5.41, 5.74) is 1.56. The van der Waals surface area contributed by atoms with Gasteiger partial charge in [0.2, 0.25) is 5.89 Å². The summed E-state index contributed by atoms with van der Waals surface area (Å²) in [5.74, 6) is 2.18. The number of carbonyl (C=O) groups excluding carboxylic acids is 1. The van der Waals surface area contributed by atoms with Crippen LogP contribution in [0.5, 0.6) is 0 Å². The van der Waals surface area contributed by atoms with Crippen molar-refractivity contribution in [2.45, 2.75) is 44.6 Å². The second-order valence-electron chi connectivity index (χ2n) is 7.75. The Kier molecular flexibility index (Phi) is 4.30. The van der Waals surface area contributed by atoms with Gasteiger partial charge in [0.1, 0.15) is 11.7 Å². The van der Waals surface area contributed by atoms with Crippen molar-refractivity contribution in [1.82, 2.24) is 29.7 Å². The number of rotatable bonds is 4. The van der Waals surface area contributed by atoms with Gasteiger partial charge in [0.15, 0.2) is 5.82 Å². The molecule has 0 N–H and O–H groups in total. The second kappa shape index (κ2) is 6.50. The van der Waals surface area contributed by atoms with Gasteiger partial charge in [-0.1, -0.05) is 19.0 Å². The Morgan fingerprint density at radius 2 is 2.04 bits per heavy atom. The van der Waals surface area contributed by atoms with Gasteiger partial charge in [0.05, 0.1) is 5.69 Å². The molecule has 0 bridgehead atoms. The van der Waals surface area contributed by atoms with Crippen molar-refractivity contribution in [1.29, 1.82) is 0 Å². The molecule has 140 valence electrons. The van der Waals surface area contributed by atoms with E-state index in [-0.39, 0.29) is 11.9 Å². The van der Waals surface area contributed by atoms with Gasteiger partial charge in [-0.2, -0.15) is 10.1 Å². The molecule has 8 heteroatoms. The van der Waals surface area contributed by atoms with Crippen LogP contribution in [0, 0.1) is 0 Å². The van der Waals surface area contributed by atoms with Gasteiger partial charge >= 0.3 is 0 Å². The molecule has 2 aromatic rings. The van der Waals surface area contributed by atoms with E-state index in [2.05, 4.69) is 34.0 Å². The Hall–Kier alpha value is -2.22. The van der Waals surface area contributed by atoms with Crippen LogP contribution in [0.1, 0.15) is 72.5 Å². The van der Waals surface area contributed by atoms with Crippen molar-refractivity contribution in [2.24, 2.45) is 7.05 Å². The number of hydrogen-bond acceptors (Lipinski definition) is 6. The minimum Gasteiger partial charge on any atom is -0.338 e. The summed E-state index contributed by atoms with van der Waals surface area (Å²) in [6.45, 7) is 6.15. The van der Waals surface area contributed by atoms with Crippen molar-refractivity contribution in [3.8, 4) is 0 Å². The third-order valence-corrected chi connectivity index (χ3v) is 5.33. The van der Waals surface area contributed by atoms with Crippen molar-refractivity contribution in [3.05, 3.63) is 29.2 Å². The molecule has 26 heavy (non-hydrogen) atoms. The second-order valence-corrected chi connectivity index (χ2v) is 7.75. The molecule has 1 atom stereocenters. The lowest BCUT2D eigenvalue weighted by Crippen LogP contribution is -2.49. The fourth-order valence-electron chi connectivity index (χ4n) is 3.35. The van der Waals surface area contributed by atoms with Crippen molar-refractivity contribution >= 4 is 5.91 Å². The average Bonchev–Trinajstić information content (AvgIpc) is 3.21. The van der Waals surface area contributed by atoms with Crippen LogP contribution in [0.15, 0.2) is 10.6 Å². The highest BCUT2D eigenvalue weighted by molar-refractivity contribution is 5.92. The molecule has 0 radical (unpaired) electrons. The fraction of sp³-hybridized carbons (Fsp3) is 0.667. The van der Waals surface area contributed by atoms with Crippen LogP contribution >= 0.6 is 0 Å². The molecule has 1 saturated carbocycles. The SMILES string of the molecule is CC(C)c1cc(C(=O)N2CCN(C)C(c3nc(C4CC4)no3)C2)n(C)n1. The van der Waals surface area contributed by atoms with Crippen molar-refractivity contribution in [2.75, 3.05) is 26.7 Å². The summed E-state index contributed by atoms with van der Waals surface area (Å²) in [6.07, 6.45) is 2.28. The minimum atomic E-state index is -0.0644. The zero-order valence-electron chi connectivity index (χ0n) is 15.8. The molecule has 3 heterocycles. The van der Waals surface area contributed by atoms with Gasteiger partial charge in [-0.05, 0) is 31.9 Å². The predicted molar refractivity (Wildman–Crippen MR) is 94.8 cm³/mol. The van der Waals surface area contributed by atoms with Gasteiger partial charge in [-0.3, -0.25) is 14.4 Å². The smallest absolute Gasteiger partial charge is 0.272 e. The number of likely N-dealkylation sites (N-methyl/N-ethyl adjacent to an activating group) is 1. The first-order valence-electron chi connectivity index (χ1n) is 9.31. The summed E-state index contributed by atoms with van der Waals surface area (Å²) in [5, 5.41) is 8.59. The molecule has 0 aromatic carbocycles. The number of piperazine rings is 1. The molecular formula is C18H26N6O2. The van der Waals surface area contributed by atoms with Gasteiger partial charge in [-0.15, -0.1) is 0 Å². The summed E-state index contributed by atoms with van der Waals surface area (Å²) in [4.78, 5) is 21.7. The van der Waals surface area contributed by atoms with Crippen LogP contribution in [0.3, 0.4) is 0 Å². The third-order valence-electron chi connectivity index (χ3n) is 5.33. The van der Waals surface area contributed by atoms with E-state index in [0.29, 0.717) is 36.5 Å². The van der Waals surface area contributed by atoms with Gasteiger partial charge in [0, 0.05) is 32.6 Å². The molecule has 1 unspecified atom stereocenters. The number of amides is 1. The lowest BCUT2D eigenvalue weighted by Gasteiger charge is -2.37. The topological polar surface area (TPSA) is 80.3 Å². The lowest BCUT2D eigenvalue weighted by molar-refractivity contribution is 0.0479. The summed E-state index contributed by atoms with van der Waals surface area (Å²) >= 11 is 0. The molecule has 2 aromatic heterocycles. The molecule has 4 rings (SSSR count). The van der Waals surface area contributed by atoms with Crippen LogP contribution < -0.4 is 0 Å². The monoisotopic (exact) mass is 358 g/mol. The highest BCUT2D eigenvalue weighted by atomic mass is 16.5. The van der Waals surface area contributed by atoms with Gasteiger partial charge in [-0.25, -0.2) is 0 Å². The van der Waals surface area contributed by atoms with E-state index < -0.39 is 0 Å². The van der Waals surface area contributed by atoms with Gasteiger partial charge < -0.3 is 9.42 Å². The Labute approximate surface area is 153 Å². The van der Waals surface area contributed by atoms with Crippen LogP contribution in [-0.2, 0) is 7.05 Å². The Bertz CT molecular complexity index is 806. The lowest BCUT2D eigenvalue weighted by atomic mass is 10.1. The van der Waals surface area contributed by atoms with Crippen LogP contribution in [0.4, 0.5) is 0 Å². The van der Waals surface area contributed by atoms with Crippen LogP contribution in [0.25, 0.3) is 0 Å². The van der Waals surface area contributed by atoms with Crippen LogP contribution in [0.2, 0.25) is 0 Å². The number of carbonyl (C=O) groups is 1. The molecule has 1 aliphatic carbocycles. The van der Waals surface area contributed by atoms with E-state index in [4.69, 9.17) is 4.52 Å². The standard InChI is InChI=1S/C18H26N6O2/c1-11(2)13-9-14(23(4)20-13)18(25)24-8-7-22(3)15(10-24)17-19-16(21-26-17)12-5-6-12/h9,11-12,15H,5-8,10H2,1-4H3. The quantitative estimate of drug-likeness (QED) is 0.831. The van der Waals surface area contributed by atoms with E-state index in [1.54, 1.807) is 4.68 Å².